The number of carbonyl (C=O) groups is 3. The van der Waals surface area contributed by atoms with Crippen LogP contribution >= 0.6 is 0 Å². The lowest BCUT2D eigenvalue weighted by atomic mass is 9.80. The molecular weight excluding hydrogens is 252 g/mol. The molecule has 1 fully saturated rings. The van der Waals surface area contributed by atoms with Crippen LogP contribution in [0.15, 0.2) is 0 Å². The molecule has 7 nitrogen and oxygen atoms in total. The highest BCUT2D eigenvalue weighted by molar-refractivity contribution is 5.95. The molecule has 0 unspecified atom stereocenters. The lowest BCUT2D eigenvalue weighted by molar-refractivity contribution is -0.145. The topological polar surface area (TPSA) is 108 Å². The van der Waals surface area contributed by atoms with Crippen molar-refractivity contribution in [3.05, 3.63) is 0 Å². The SMILES string of the molecule is CCOC(=O)C[C@H](N)C(=O)[C@H]1NC(=O)OCC1(C)C. The Morgan fingerprint density at radius 1 is 1.58 bits per heavy atom. The first kappa shape index (κ1) is 15.4. The molecule has 0 spiro atoms. The van der Waals surface area contributed by atoms with Gasteiger partial charge >= 0.3 is 12.1 Å². The van der Waals surface area contributed by atoms with Crippen molar-refractivity contribution in [2.75, 3.05) is 13.2 Å². The van der Waals surface area contributed by atoms with Crippen LogP contribution in [0, 0.1) is 5.41 Å². The van der Waals surface area contributed by atoms with Crippen molar-refractivity contribution in [1.29, 1.82) is 0 Å². The first-order valence-corrected chi connectivity index (χ1v) is 6.16. The summed E-state index contributed by atoms with van der Waals surface area (Å²) in [5.74, 6) is -0.922. The zero-order valence-electron chi connectivity index (χ0n) is 11.4. The van der Waals surface area contributed by atoms with Crippen molar-refractivity contribution in [1.82, 2.24) is 5.32 Å². The molecule has 0 aliphatic carbocycles. The van der Waals surface area contributed by atoms with E-state index >= 15 is 0 Å². The molecule has 0 saturated carbocycles. The minimum Gasteiger partial charge on any atom is -0.466 e. The summed E-state index contributed by atoms with van der Waals surface area (Å²) in [4.78, 5) is 34.7. The van der Waals surface area contributed by atoms with Crippen molar-refractivity contribution in [3.8, 4) is 0 Å². The number of nitrogens with two attached hydrogens (primary N) is 1. The second kappa shape index (κ2) is 6.01. The second-order valence-corrected chi connectivity index (χ2v) is 5.16. The van der Waals surface area contributed by atoms with E-state index in [-0.39, 0.29) is 19.6 Å². The van der Waals surface area contributed by atoms with Gasteiger partial charge in [0.05, 0.1) is 19.1 Å². The largest absolute Gasteiger partial charge is 0.466 e. The predicted octanol–water partition coefficient (Wildman–Crippen LogP) is -0.0294. The van der Waals surface area contributed by atoms with Gasteiger partial charge in [-0.1, -0.05) is 13.8 Å². The standard InChI is InChI=1S/C12H20N2O5/c1-4-18-8(15)5-7(13)9(16)10-12(2,3)6-19-11(17)14-10/h7,10H,4-6,13H2,1-3H3,(H,14,17)/t7-,10+/m0/s1. The molecule has 0 aromatic rings. The van der Waals surface area contributed by atoms with E-state index in [0.717, 1.165) is 0 Å². The molecule has 108 valence electrons. The third-order valence-corrected chi connectivity index (χ3v) is 2.96. The molecule has 19 heavy (non-hydrogen) atoms. The third-order valence-electron chi connectivity index (χ3n) is 2.96. The van der Waals surface area contributed by atoms with Crippen LogP contribution in [0.4, 0.5) is 4.79 Å². The van der Waals surface area contributed by atoms with E-state index in [9.17, 15) is 14.4 Å². The number of Topliss-reactive ketones (excluding diaryl/α,β-unsaturated/α-hetero) is 1. The molecule has 7 heteroatoms. The van der Waals surface area contributed by atoms with E-state index < -0.39 is 35.3 Å². The fourth-order valence-corrected chi connectivity index (χ4v) is 1.86. The lowest BCUT2D eigenvalue weighted by Gasteiger charge is -2.38. The molecule has 1 rings (SSSR count). The molecule has 0 bridgehead atoms. The van der Waals surface area contributed by atoms with Crippen LogP contribution in [-0.4, -0.2) is 43.1 Å². The Kier molecular flexibility index (Phi) is 4.88. The van der Waals surface area contributed by atoms with E-state index in [4.69, 9.17) is 15.2 Å². The second-order valence-electron chi connectivity index (χ2n) is 5.16. The van der Waals surface area contributed by atoms with E-state index in [2.05, 4.69) is 5.32 Å². The van der Waals surface area contributed by atoms with Crippen molar-refractivity contribution >= 4 is 17.8 Å². The summed E-state index contributed by atoms with van der Waals surface area (Å²) in [5, 5.41) is 2.45. The highest BCUT2D eigenvalue weighted by Crippen LogP contribution is 2.26. The number of esters is 1. The molecule has 1 heterocycles. The van der Waals surface area contributed by atoms with Crippen LogP contribution in [0.25, 0.3) is 0 Å². The highest BCUT2D eigenvalue weighted by Gasteiger charge is 2.43. The molecule has 2 atom stereocenters. The Bertz CT molecular complexity index is 380. The Morgan fingerprint density at radius 3 is 2.79 bits per heavy atom. The lowest BCUT2D eigenvalue weighted by Crippen LogP contribution is -2.60. The van der Waals surface area contributed by atoms with Crippen LogP contribution in [0.5, 0.6) is 0 Å². The number of hydrogen-bond acceptors (Lipinski definition) is 6. The summed E-state index contributed by atoms with van der Waals surface area (Å²) in [6.45, 7) is 5.60. The van der Waals surface area contributed by atoms with Crippen molar-refractivity contribution in [2.45, 2.75) is 39.3 Å². The van der Waals surface area contributed by atoms with Gasteiger partial charge in [-0.15, -0.1) is 0 Å². The predicted molar refractivity (Wildman–Crippen MR) is 66.3 cm³/mol. The Morgan fingerprint density at radius 2 is 2.21 bits per heavy atom. The van der Waals surface area contributed by atoms with Gasteiger partial charge in [0, 0.05) is 5.41 Å². The number of rotatable bonds is 5. The first-order chi connectivity index (χ1) is 8.77. The maximum atomic E-state index is 12.2. The maximum absolute atomic E-state index is 12.2. The summed E-state index contributed by atoms with van der Waals surface area (Å²) >= 11 is 0. The number of ether oxygens (including phenoxy) is 2. The fraction of sp³-hybridized carbons (Fsp3) is 0.750. The third kappa shape index (κ3) is 3.92. The zero-order chi connectivity index (χ0) is 14.6. The van der Waals surface area contributed by atoms with Gasteiger partial charge < -0.3 is 20.5 Å². The number of cyclic esters (lactones) is 1. The smallest absolute Gasteiger partial charge is 0.407 e. The molecular formula is C12H20N2O5. The monoisotopic (exact) mass is 272 g/mol. The maximum Gasteiger partial charge on any atom is 0.407 e. The average Bonchev–Trinajstić information content (AvgIpc) is 2.31. The van der Waals surface area contributed by atoms with Gasteiger partial charge in [0.2, 0.25) is 0 Å². The number of alkyl carbamates (subject to hydrolysis) is 1. The fourth-order valence-electron chi connectivity index (χ4n) is 1.86. The van der Waals surface area contributed by atoms with Crippen molar-refractivity contribution < 1.29 is 23.9 Å². The number of hydrogen-bond donors (Lipinski definition) is 2. The summed E-state index contributed by atoms with van der Waals surface area (Å²) in [6, 6.07) is -1.76. The van der Waals surface area contributed by atoms with Gasteiger partial charge in [-0.3, -0.25) is 9.59 Å². The van der Waals surface area contributed by atoms with Gasteiger partial charge in [0.25, 0.3) is 0 Å². The summed E-state index contributed by atoms with van der Waals surface area (Å²) in [5.41, 5.74) is 5.13. The normalized spacial score (nSPS) is 22.9. The molecule has 1 aliphatic heterocycles. The summed E-state index contributed by atoms with van der Waals surface area (Å²) < 4.78 is 9.58. The van der Waals surface area contributed by atoms with E-state index in [1.54, 1.807) is 20.8 Å². The van der Waals surface area contributed by atoms with Crippen molar-refractivity contribution in [2.24, 2.45) is 11.1 Å². The van der Waals surface area contributed by atoms with Gasteiger partial charge in [0.1, 0.15) is 12.6 Å². The average molecular weight is 272 g/mol. The van der Waals surface area contributed by atoms with Crippen LogP contribution < -0.4 is 11.1 Å². The highest BCUT2D eigenvalue weighted by atomic mass is 16.6. The quantitative estimate of drug-likeness (QED) is 0.680. The molecule has 0 radical (unpaired) electrons. The Balaban J connectivity index is 2.69. The van der Waals surface area contributed by atoms with E-state index in [0.29, 0.717) is 0 Å². The van der Waals surface area contributed by atoms with E-state index in [1.807, 2.05) is 0 Å². The number of amides is 1. The Hall–Kier alpha value is -1.63. The number of carbonyl (C=O) groups excluding carboxylic acids is 3. The van der Waals surface area contributed by atoms with Crippen LogP contribution in [0.2, 0.25) is 0 Å². The minimum absolute atomic E-state index is 0.126. The molecule has 1 aliphatic rings. The van der Waals surface area contributed by atoms with Gasteiger partial charge in [-0.05, 0) is 6.92 Å². The van der Waals surface area contributed by atoms with Gasteiger partial charge in [0.15, 0.2) is 5.78 Å². The van der Waals surface area contributed by atoms with Gasteiger partial charge in [-0.2, -0.15) is 0 Å². The first-order valence-electron chi connectivity index (χ1n) is 6.16. The minimum atomic E-state index is -0.998. The molecule has 3 N–H and O–H groups in total. The number of ketones is 1. The van der Waals surface area contributed by atoms with Gasteiger partial charge in [-0.25, -0.2) is 4.79 Å². The zero-order valence-corrected chi connectivity index (χ0v) is 11.4. The molecule has 1 amide bonds. The summed E-state index contributed by atoms with van der Waals surface area (Å²) in [7, 11) is 0. The Labute approximate surface area is 111 Å². The number of nitrogens with one attached hydrogen (secondary N) is 1. The molecule has 0 aromatic heterocycles. The van der Waals surface area contributed by atoms with Crippen molar-refractivity contribution in [3.63, 3.8) is 0 Å². The van der Waals surface area contributed by atoms with Crippen LogP contribution in [-0.2, 0) is 19.1 Å². The van der Waals surface area contributed by atoms with E-state index in [1.165, 1.54) is 0 Å². The molecule has 0 aromatic carbocycles. The van der Waals surface area contributed by atoms with Crippen LogP contribution in [0.1, 0.15) is 27.2 Å². The summed E-state index contributed by atoms with van der Waals surface area (Å²) in [6.07, 6.45) is -0.850. The molecule has 1 saturated heterocycles. The van der Waals surface area contributed by atoms with Crippen LogP contribution in [0.3, 0.4) is 0 Å².